The van der Waals surface area contributed by atoms with Crippen molar-refractivity contribution in [2.75, 3.05) is 20.1 Å². The average molecular weight is 184 g/mol. The summed E-state index contributed by atoms with van der Waals surface area (Å²) in [4.78, 5) is 0. The average Bonchev–Trinajstić information content (AvgIpc) is 2.30. The summed E-state index contributed by atoms with van der Waals surface area (Å²) in [6.07, 6.45) is 1.17. The SMILES string of the molecule is CCC[N+]1=NN(C)C(C(C)(C)C)C1. The van der Waals surface area contributed by atoms with Crippen LogP contribution in [0.25, 0.3) is 0 Å². The van der Waals surface area contributed by atoms with E-state index in [9.17, 15) is 0 Å². The highest BCUT2D eigenvalue weighted by Gasteiger charge is 2.39. The monoisotopic (exact) mass is 184 g/mol. The molecule has 0 aromatic heterocycles. The van der Waals surface area contributed by atoms with Crippen molar-refractivity contribution in [1.29, 1.82) is 0 Å². The highest BCUT2D eigenvalue weighted by atomic mass is 15.6. The third kappa shape index (κ3) is 2.42. The molecule has 1 aliphatic heterocycles. The standard InChI is InChI=1S/C10H22N3/c1-6-7-13-8-9(10(2,3)4)12(5)11-13/h9H,6-8H2,1-5H3/q+1. The summed E-state index contributed by atoms with van der Waals surface area (Å²) in [5, 5.41) is 6.60. The second kappa shape index (κ2) is 3.64. The molecule has 3 heteroatoms. The van der Waals surface area contributed by atoms with Gasteiger partial charge in [0.2, 0.25) is 0 Å². The van der Waals surface area contributed by atoms with E-state index in [-0.39, 0.29) is 0 Å². The van der Waals surface area contributed by atoms with E-state index in [0.29, 0.717) is 11.5 Å². The first-order valence-corrected chi connectivity index (χ1v) is 5.14. The zero-order valence-corrected chi connectivity index (χ0v) is 9.54. The Labute approximate surface area is 81.4 Å². The molecule has 0 spiro atoms. The Morgan fingerprint density at radius 2 is 2.08 bits per heavy atom. The fraction of sp³-hybridized carbons (Fsp3) is 1.00. The van der Waals surface area contributed by atoms with Crippen LogP contribution >= 0.6 is 0 Å². The van der Waals surface area contributed by atoms with Crippen LogP contribution in [0.15, 0.2) is 5.22 Å². The Morgan fingerprint density at radius 3 is 2.46 bits per heavy atom. The van der Waals surface area contributed by atoms with Crippen molar-refractivity contribution in [2.24, 2.45) is 10.6 Å². The van der Waals surface area contributed by atoms with Gasteiger partial charge in [0, 0.05) is 5.41 Å². The van der Waals surface area contributed by atoms with Gasteiger partial charge in [-0.15, -0.1) is 0 Å². The summed E-state index contributed by atoms with van der Waals surface area (Å²) >= 11 is 0. The minimum Gasteiger partial charge on any atom is -0.165 e. The second-order valence-corrected chi connectivity index (χ2v) is 4.96. The lowest BCUT2D eigenvalue weighted by atomic mass is 9.86. The van der Waals surface area contributed by atoms with Crippen LogP contribution in [-0.2, 0) is 0 Å². The van der Waals surface area contributed by atoms with E-state index in [1.165, 1.54) is 6.42 Å². The maximum absolute atomic E-state index is 4.49. The molecule has 1 atom stereocenters. The van der Waals surface area contributed by atoms with Gasteiger partial charge < -0.3 is 0 Å². The van der Waals surface area contributed by atoms with Crippen LogP contribution in [-0.4, -0.2) is 35.9 Å². The van der Waals surface area contributed by atoms with Crippen molar-refractivity contribution >= 4 is 0 Å². The lowest BCUT2D eigenvalue weighted by molar-refractivity contribution is -0.585. The van der Waals surface area contributed by atoms with E-state index in [2.05, 4.69) is 49.7 Å². The van der Waals surface area contributed by atoms with Gasteiger partial charge in [-0.05, 0) is 6.42 Å². The van der Waals surface area contributed by atoms with E-state index < -0.39 is 0 Å². The predicted octanol–water partition coefficient (Wildman–Crippen LogP) is 2.14. The normalized spacial score (nSPS) is 23.6. The molecule has 1 aliphatic rings. The number of hydrogen-bond donors (Lipinski definition) is 0. The van der Waals surface area contributed by atoms with Crippen molar-refractivity contribution in [3.63, 3.8) is 0 Å². The molecule has 0 aromatic carbocycles. The second-order valence-electron chi connectivity index (χ2n) is 4.96. The van der Waals surface area contributed by atoms with E-state index >= 15 is 0 Å². The molecule has 0 saturated heterocycles. The van der Waals surface area contributed by atoms with Gasteiger partial charge in [0.05, 0.1) is 12.3 Å². The van der Waals surface area contributed by atoms with E-state index in [0.717, 1.165) is 13.1 Å². The van der Waals surface area contributed by atoms with Crippen molar-refractivity contribution in [3.05, 3.63) is 0 Å². The van der Waals surface area contributed by atoms with E-state index in [4.69, 9.17) is 0 Å². The molecule has 13 heavy (non-hydrogen) atoms. The summed E-state index contributed by atoms with van der Waals surface area (Å²) in [6.45, 7) is 11.2. The van der Waals surface area contributed by atoms with Crippen LogP contribution < -0.4 is 0 Å². The Kier molecular flexibility index (Phi) is 2.94. The zero-order valence-electron chi connectivity index (χ0n) is 9.54. The number of hydrogen-bond acceptors (Lipinski definition) is 2. The van der Waals surface area contributed by atoms with Gasteiger partial charge in [-0.1, -0.05) is 27.7 Å². The molecule has 1 rings (SSSR count). The highest BCUT2D eigenvalue weighted by molar-refractivity contribution is 4.80. The molecule has 0 bridgehead atoms. The molecule has 1 unspecified atom stereocenters. The molecular weight excluding hydrogens is 162 g/mol. The Balaban J connectivity index is 2.59. The van der Waals surface area contributed by atoms with Crippen molar-refractivity contribution < 1.29 is 4.70 Å². The van der Waals surface area contributed by atoms with Gasteiger partial charge in [0.1, 0.15) is 13.1 Å². The van der Waals surface area contributed by atoms with Gasteiger partial charge in [-0.25, -0.2) is 0 Å². The molecule has 0 amide bonds. The topological polar surface area (TPSA) is 18.6 Å². The zero-order chi connectivity index (χ0) is 10.1. The first-order chi connectivity index (χ1) is 5.95. The van der Waals surface area contributed by atoms with Crippen molar-refractivity contribution in [2.45, 2.75) is 40.2 Å². The van der Waals surface area contributed by atoms with Crippen LogP contribution in [0.3, 0.4) is 0 Å². The third-order valence-electron chi connectivity index (χ3n) is 2.58. The van der Waals surface area contributed by atoms with Gasteiger partial charge >= 0.3 is 0 Å². The lowest BCUT2D eigenvalue weighted by Crippen LogP contribution is -2.39. The molecule has 1 heterocycles. The summed E-state index contributed by atoms with van der Waals surface area (Å²) in [5.74, 6) is 0. The molecule has 76 valence electrons. The molecule has 0 aliphatic carbocycles. The largest absolute Gasteiger partial charge is 0.165 e. The van der Waals surface area contributed by atoms with Gasteiger partial charge in [-0.2, -0.15) is 9.71 Å². The predicted molar refractivity (Wildman–Crippen MR) is 53.7 cm³/mol. The maximum atomic E-state index is 4.49. The smallest absolute Gasteiger partial charge is 0.161 e. The van der Waals surface area contributed by atoms with Crippen LogP contribution in [0.4, 0.5) is 0 Å². The third-order valence-corrected chi connectivity index (χ3v) is 2.58. The summed E-state index contributed by atoms with van der Waals surface area (Å²) in [7, 11) is 2.07. The molecule has 0 radical (unpaired) electrons. The summed E-state index contributed by atoms with van der Waals surface area (Å²) < 4.78 is 2.18. The van der Waals surface area contributed by atoms with Gasteiger partial charge in [-0.3, -0.25) is 0 Å². The first kappa shape index (κ1) is 10.5. The van der Waals surface area contributed by atoms with Crippen molar-refractivity contribution in [3.8, 4) is 0 Å². The molecule has 3 nitrogen and oxygen atoms in total. The Morgan fingerprint density at radius 1 is 1.46 bits per heavy atom. The lowest BCUT2D eigenvalue weighted by Gasteiger charge is -2.24. The van der Waals surface area contributed by atoms with Crippen LogP contribution in [0.1, 0.15) is 34.1 Å². The molecule has 0 fully saturated rings. The van der Waals surface area contributed by atoms with Crippen LogP contribution in [0, 0.1) is 5.41 Å². The van der Waals surface area contributed by atoms with Gasteiger partial charge in [0.15, 0.2) is 6.04 Å². The molecule has 0 aromatic rings. The Bertz CT molecular complexity index is 203. The quantitative estimate of drug-likeness (QED) is 0.601. The van der Waals surface area contributed by atoms with E-state index in [1.54, 1.807) is 0 Å². The molecular formula is C10H22N3+. The fourth-order valence-electron chi connectivity index (χ4n) is 1.84. The minimum absolute atomic E-state index is 0.320. The molecule has 0 saturated carbocycles. The fourth-order valence-corrected chi connectivity index (χ4v) is 1.84. The summed E-state index contributed by atoms with van der Waals surface area (Å²) in [5.41, 5.74) is 0.320. The minimum atomic E-state index is 0.320. The number of likely N-dealkylation sites (N-methyl/N-ethyl adjacent to an activating group) is 1. The summed E-state index contributed by atoms with van der Waals surface area (Å²) in [6, 6.07) is 0.555. The molecule has 0 N–H and O–H groups in total. The highest BCUT2D eigenvalue weighted by Crippen LogP contribution is 2.27. The van der Waals surface area contributed by atoms with Crippen molar-refractivity contribution in [1.82, 2.24) is 5.01 Å². The maximum Gasteiger partial charge on any atom is 0.161 e. The number of rotatable bonds is 2. The number of nitrogens with zero attached hydrogens (tertiary/aromatic N) is 3. The van der Waals surface area contributed by atoms with Crippen LogP contribution in [0.2, 0.25) is 0 Å². The van der Waals surface area contributed by atoms with Gasteiger partial charge in [0.25, 0.3) is 0 Å². The van der Waals surface area contributed by atoms with Crippen LogP contribution in [0.5, 0.6) is 0 Å². The Hall–Kier alpha value is -0.600. The van der Waals surface area contributed by atoms with E-state index in [1.807, 2.05) is 0 Å². The first-order valence-electron chi connectivity index (χ1n) is 5.14.